The number of aromatic nitrogens is 2. The molecule has 3 aromatic rings. The van der Waals surface area contributed by atoms with Gasteiger partial charge in [0.15, 0.2) is 5.82 Å². The number of hydrogen-bond donors (Lipinski definition) is 1. The van der Waals surface area contributed by atoms with Gasteiger partial charge in [-0.05, 0) is 48.4 Å². The molecule has 5 rings (SSSR count). The van der Waals surface area contributed by atoms with Crippen molar-refractivity contribution in [1.82, 2.24) is 14.9 Å². The van der Waals surface area contributed by atoms with Gasteiger partial charge in [0, 0.05) is 31.2 Å². The van der Waals surface area contributed by atoms with Crippen LogP contribution < -0.4 is 15.0 Å². The minimum atomic E-state index is 0.413. The van der Waals surface area contributed by atoms with E-state index in [1.807, 2.05) is 6.07 Å². The number of methoxy groups -OCH3 is 1. The quantitative estimate of drug-likeness (QED) is 0.613. The van der Waals surface area contributed by atoms with Crippen LogP contribution in [0.2, 0.25) is 5.02 Å². The molecule has 0 saturated heterocycles. The van der Waals surface area contributed by atoms with Gasteiger partial charge in [-0.25, -0.2) is 4.98 Å². The van der Waals surface area contributed by atoms with Gasteiger partial charge in [-0.15, -0.1) is 0 Å². The number of fused-ring (bicyclic) bond motifs is 2. The third-order valence-electron chi connectivity index (χ3n) is 6.17. The Kier molecular flexibility index (Phi) is 5.20. The Morgan fingerprint density at radius 3 is 2.87 bits per heavy atom. The number of nitrogens with one attached hydrogen (secondary N) is 1. The second-order valence-corrected chi connectivity index (χ2v) is 8.78. The number of halogens is 1. The predicted molar refractivity (Wildman–Crippen MR) is 125 cm³/mol. The summed E-state index contributed by atoms with van der Waals surface area (Å²) in [4.78, 5) is 13.7. The molecule has 2 aliphatic heterocycles. The third kappa shape index (κ3) is 3.70. The number of nitrogens with zero attached hydrogens (tertiary/aromatic N) is 4. The molecule has 3 heterocycles. The maximum absolute atomic E-state index is 6.54. The first-order chi connectivity index (χ1) is 15.0. The number of rotatable bonds is 4. The second kappa shape index (κ2) is 8.02. The highest BCUT2D eigenvalue weighted by Crippen LogP contribution is 2.42. The van der Waals surface area contributed by atoms with Crippen LogP contribution in [0.3, 0.4) is 0 Å². The highest BCUT2D eigenvalue weighted by molar-refractivity contribution is 6.33. The molecule has 7 heteroatoms. The van der Waals surface area contributed by atoms with E-state index in [2.05, 4.69) is 64.4 Å². The minimum Gasteiger partial charge on any atom is -0.495 e. The van der Waals surface area contributed by atoms with Crippen molar-refractivity contribution in [3.8, 4) is 5.75 Å². The smallest absolute Gasteiger partial charge is 0.229 e. The lowest BCUT2D eigenvalue weighted by molar-refractivity contribution is 0.312. The summed E-state index contributed by atoms with van der Waals surface area (Å²) >= 11 is 6.54. The molecule has 0 aliphatic carbocycles. The molecule has 2 aliphatic rings. The molecule has 0 saturated carbocycles. The molecule has 1 N–H and O–H groups in total. The highest BCUT2D eigenvalue weighted by Gasteiger charge is 2.28. The van der Waals surface area contributed by atoms with Crippen molar-refractivity contribution < 1.29 is 4.74 Å². The first-order valence-electron chi connectivity index (χ1n) is 10.6. The van der Waals surface area contributed by atoms with E-state index in [9.17, 15) is 0 Å². The van der Waals surface area contributed by atoms with Gasteiger partial charge in [-0.1, -0.05) is 36.7 Å². The molecule has 0 bridgehead atoms. The van der Waals surface area contributed by atoms with Crippen LogP contribution in [0.1, 0.15) is 29.5 Å². The van der Waals surface area contributed by atoms with Crippen molar-refractivity contribution in [3.63, 3.8) is 0 Å². The van der Waals surface area contributed by atoms with E-state index < -0.39 is 0 Å². The Morgan fingerprint density at radius 2 is 2.03 bits per heavy atom. The first-order valence-corrected chi connectivity index (χ1v) is 11.0. The Bertz CT molecular complexity index is 1130. The number of benzene rings is 2. The van der Waals surface area contributed by atoms with Crippen LogP contribution in [0.15, 0.2) is 42.6 Å². The normalized spacial score (nSPS) is 17.9. The molecule has 1 unspecified atom stereocenters. The van der Waals surface area contributed by atoms with Crippen LogP contribution in [0.5, 0.6) is 5.75 Å². The standard InChI is InChI=1S/C24H26ClN5O/c1-15-13-30(21-7-5-4-6-18(15)21)23-19(25)12-26-24(28-23)27-20-10-17-14-29(2)9-8-16(17)11-22(20)31-3/h4-7,10-12,15H,8-9,13-14H2,1-3H3,(H,26,27,28). The zero-order valence-electron chi connectivity index (χ0n) is 18.0. The van der Waals surface area contributed by atoms with Gasteiger partial charge >= 0.3 is 0 Å². The Hall–Kier alpha value is -2.83. The maximum atomic E-state index is 6.54. The molecule has 31 heavy (non-hydrogen) atoms. The molecule has 0 fully saturated rings. The van der Waals surface area contributed by atoms with E-state index in [-0.39, 0.29) is 0 Å². The molecule has 1 aromatic heterocycles. The van der Waals surface area contributed by atoms with Crippen molar-refractivity contribution in [2.24, 2.45) is 0 Å². The zero-order chi connectivity index (χ0) is 21.5. The average molecular weight is 436 g/mol. The zero-order valence-corrected chi connectivity index (χ0v) is 18.8. The van der Waals surface area contributed by atoms with E-state index in [0.717, 1.165) is 43.2 Å². The summed E-state index contributed by atoms with van der Waals surface area (Å²) in [7, 11) is 3.84. The molecule has 160 valence electrons. The van der Waals surface area contributed by atoms with E-state index in [1.165, 1.54) is 16.7 Å². The van der Waals surface area contributed by atoms with Crippen LogP contribution in [-0.2, 0) is 13.0 Å². The van der Waals surface area contributed by atoms with Crippen molar-refractivity contribution >= 4 is 34.7 Å². The van der Waals surface area contributed by atoms with Crippen LogP contribution >= 0.6 is 11.6 Å². The van der Waals surface area contributed by atoms with E-state index in [1.54, 1.807) is 13.3 Å². The van der Waals surface area contributed by atoms with Crippen LogP contribution in [0.4, 0.5) is 23.1 Å². The summed E-state index contributed by atoms with van der Waals surface area (Å²) in [6.45, 7) is 5.04. The van der Waals surface area contributed by atoms with E-state index in [0.29, 0.717) is 22.7 Å². The first kappa shape index (κ1) is 20.1. The molecular formula is C24H26ClN5O. The monoisotopic (exact) mass is 435 g/mol. The topological polar surface area (TPSA) is 53.5 Å². The number of anilines is 4. The average Bonchev–Trinajstić information content (AvgIpc) is 3.11. The van der Waals surface area contributed by atoms with Crippen molar-refractivity contribution in [2.45, 2.75) is 25.8 Å². The fraction of sp³-hybridized carbons (Fsp3) is 0.333. The fourth-order valence-electron chi connectivity index (χ4n) is 4.54. The lowest BCUT2D eigenvalue weighted by Gasteiger charge is -2.26. The molecule has 0 amide bonds. The maximum Gasteiger partial charge on any atom is 0.229 e. The van der Waals surface area contributed by atoms with Gasteiger partial charge in [0.25, 0.3) is 0 Å². The molecule has 2 aromatic carbocycles. The van der Waals surface area contributed by atoms with Crippen LogP contribution in [0, 0.1) is 0 Å². The van der Waals surface area contributed by atoms with E-state index >= 15 is 0 Å². The predicted octanol–water partition coefficient (Wildman–Crippen LogP) is 5.13. The number of likely N-dealkylation sites (N-methyl/N-ethyl adjacent to an activating group) is 1. The summed E-state index contributed by atoms with van der Waals surface area (Å²) in [5.74, 6) is 2.42. The molecular weight excluding hydrogens is 410 g/mol. The summed E-state index contributed by atoms with van der Waals surface area (Å²) < 4.78 is 5.66. The van der Waals surface area contributed by atoms with Gasteiger partial charge in [0.1, 0.15) is 10.8 Å². The van der Waals surface area contributed by atoms with Gasteiger partial charge < -0.3 is 19.9 Å². The largest absolute Gasteiger partial charge is 0.495 e. The van der Waals surface area contributed by atoms with Crippen molar-refractivity contribution in [2.75, 3.05) is 37.5 Å². The third-order valence-corrected chi connectivity index (χ3v) is 6.43. The van der Waals surface area contributed by atoms with Crippen LogP contribution in [-0.4, -0.2) is 42.1 Å². The van der Waals surface area contributed by atoms with Gasteiger partial charge in [-0.2, -0.15) is 4.98 Å². The van der Waals surface area contributed by atoms with Crippen molar-refractivity contribution in [1.29, 1.82) is 0 Å². The molecule has 6 nitrogen and oxygen atoms in total. The van der Waals surface area contributed by atoms with Crippen molar-refractivity contribution in [3.05, 3.63) is 64.3 Å². The van der Waals surface area contributed by atoms with Gasteiger partial charge in [0.2, 0.25) is 5.95 Å². The fourth-order valence-corrected chi connectivity index (χ4v) is 4.74. The number of ether oxygens (including phenoxy) is 1. The van der Waals surface area contributed by atoms with Crippen LogP contribution in [0.25, 0.3) is 0 Å². The summed E-state index contributed by atoms with van der Waals surface area (Å²) in [6.07, 6.45) is 2.69. The van der Waals surface area contributed by atoms with Gasteiger partial charge in [0.05, 0.1) is 19.0 Å². The molecule has 0 spiro atoms. The number of para-hydroxylation sites is 1. The van der Waals surface area contributed by atoms with Gasteiger partial charge in [-0.3, -0.25) is 0 Å². The van der Waals surface area contributed by atoms with E-state index in [4.69, 9.17) is 21.3 Å². The lowest BCUT2D eigenvalue weighted by Crippen LogP contribution is -2.26. The minimum absolute atomic E-state index is 0.413. The second-order valence-electron chi connectivity index (χ2n) is 8.37. The Morgan fingerprint density at radius 1 is 1.19 bits per heavy atom. The lowest BCUT2D eigenvalue weighted by atomic mass is 9.99. The summed E-state index contributed by atoms with van der Waals surface area (Å²) in [5.41, 5.74) is 5.96. The Labute approximate surface area is 187 Å². The number of hydrogen-bond acceptors (Lipinski definition) is 6. The summed E-state index contributed by atoms with van der Waals surface area (Å²) in [6, 6.07) is 12.7. The molecule has 0 radical (unpaired) electrons. The summed E-state index contributed by atoms with van der Waals surface area (Å²) in [5, 5.41) is 3.90. The SMILES string of the molecule is COc1cc2c(cc1Nc1ncc(Cl)c(N3CC(C)c4ccccc43)n1)CN(C)CC2. The highest BCUT2D eigenvalue weighted by atomic mass is 35.5. The molecule has 1 atom stereocenters. The Balaban J connectivity index is 1.49.